The average Bonchev–Trinajstić information content (AvgIpc) is 2.48. The predicted octanol–water partition coefficient (Wildman–Crippen LogP) is 3.47. The second kappa shape index (κ2) is 7.65. The van der Waals surface area contributed by atoms with Crippen LogP contribution in [0.15, 0.2) is 42.6 Å². The first kappa shape index (κ1) is 14.5. The molecule has 0 spiro atoms. The number of aryl methyl sites for hydroxylation is 1. The van der Waals surface area contributed by atoms with Crippen LogP contribution in [0.3, 0.4) is 0 Å². The number of pyridine rings is 1. The minimum atomic E-state index is 0.507. The van der Waals surface area contributed by atoms with Crippen molar-refractivity contribution in [1.29, 1.82) is 0 Å². The lowest BCUT2D eigenvalue weighted by Gasteiger charge is -2.09. The molecular formula is C17H22N2O. The van der Waals surface area contributed by atoms with E-state index >= 15 is 0 Å². The highest BCUT2D eigenvalue weighted by Crippen LogP contribution is 2.17. The van der Waals surface area contributed by atoms with Gasteiger partial charge >= 0.3 is 0 Å². The summed E-state index contributed by atoms with van der Waals surface area (Å²) in [5.41, 5.74) is 3.30. The molecule has 1 heterocycles. The Kier molecular flexibility index (Phi) is 5.56. The molecule has 0 unspecified atom stereocenters. The van der Waals surface area contributed by atoms with E-state index in [0.29, 0.717) is 6.61 Å². The monoisotopic (exact) mass is 270 g/mol. The number of hydrogen-bond donors (Lipinski definition) is 1. The van der Waals surface area contributed by atoms with E-state index in [-0.39, 0.29) is 0 Å². The summed E-state index contributed by atoms with van der Waals surface area (Å²) in [6, 6.07) is 12.2. The van der Waals surface area contributed by atoms with Crippen LogP contribution < -0.4 is 10.1 Å². The molecule has 2 aromatic rings. The van der Waals surface area contributed by atoms with Crippen LogP contribution >= 0.6 is 0 Å². The lowest BCUT2D eigenvalue weighted by Crippen LogP contribution is -2.14. The van der Waals surface area contributed by atoms with Gasteiger partial charge in [-0.3, -0.25) is 4.98 Å². The number of hydrogen-bond acceptors (Lipinski definition) is 3. The Bertz CT molecular complexity index is 523. The van der Waals surface area contributed by atoms with Gasteiger partial charge in [0.1, 0.15) is 12.4 Å². The van der Waals surface area contributed by atoms with Crippen molar-refractivity contribution < 1.29 is 4.74 Å². The summed E-state index contributed by atoms with van der Waals surface area (Å²) in [4.78, 5) is 4.44. The lowest BCUT2D eigenvalue weighted by molar-refractivity contribution is 0.299. The molecule has 0 saturated heterocycles. The molecule has 0 amide bonds. The van der Waals surface area contributed by atoms with Crippen LogP contribution in [0.4, 0.5) is 0 Å². The molecule has 0 saturated carbocycles. The summed E-state index contributed by atoms with van der Waals surface area (Å²) in [5.74, 6) is 0.919. The lowest BCUT2D eigenvalue weighted by atomic mass is 10.2. The quantitative estimate of drug-likeness (QED) is 0.782. The summed E-state index contributed by atoms with van der Waals surface area (Å²) in [6.45, 7) is 6.63. The first-order chi connectivity index (χ1) is 9.79. The number of rotatable bonds is 7. The smallest absolute Gasteiger partial charge is 0.130 e. The Labute approximate surface area is 121 Å². The summed E-state index contributed by atoms with van der Waals surface area (Å²) in [6.07, 6.45) is 3.06. The van der Waals surface area contributed by atoms with Crippen molar-refractivity contribution in [2.45, 2.75) is 33.4 Å². The number of ether oxygens (including phenoxy) is 1. The maximum atomic E-state index is 5.78. The highest BCUT2D eigenvalue weighted by Gasteiger charge is 2.00. The molecule has 3 nitrogen and oxygen atoms in total. The fourth-order valence-corrected chi connectivity index (χ4v) is 1.92. The number of aromatic nitrogens is 1. The minimum absolute atomic E-state index is 0.507. The van der Waals surface area contributed by atoms with Crippen LogP contribution in [-0.2, 0) is 13.2 Å². The first-order valence-corrected chi connectivity index (χ1v) is 7.12. The Morgan fingerprint density at radius 2 is 2.00 bits per heavy atom. The number of nitrogens with zero attached hydrogens (tertiary/aromatic N) is 1. The highest BCUT2D eigenvalue weighted by atomic mass is 16.5. The molecule has 106 valence electrons. The van der Waals surface area contributed by atoms with E-state index in [1.54, 1.807) is 0 Å². The van der Waals surface area contributed by atoms with Crippen LogP contribution in [0.25, 0.3) is 0 Å². The highest BCUT2D eigenvalue weighted by molar-refractivity contribution is 5.31. The molecule has 0 fully saturated rings. The van der Waals surface area contributed by atoms with E-state index in [2.05, 4.69) is 23.3 Å². The summed E-state index contributed by atoms with van der Waals surface area (Å²) >= 11 is 0. The maximum absolute atomic E-state index is 5.78. The van der Waals surface area contributed by atoms with Crippen LogP contribution in [-0.4, -0.2) is 11.5 Å². The molecule has 3 heteroatoms. The molecule has 1 aromatic carbocycles. The van der Waals surface area contributed by atoms with Crippen molar-refractivity contribution in [1.82, 2.24) is 10.3 Å². The van der Waals surface area contributed by atoms with Crippen molar-refractivity contribution in [3.8, 4) is 5.75 Å². The van der Waals surface area contributed by atoms with E-state index in [1.165, 1.54) is 5.56 Å². The molecule has 0 atom stereocenters. The summed E-state index contributed by atoms with van der Waals surface area (Å²) in [5, 5.41) is 3.36. The predicted molar refractivity (Wildman–Crippen MR) is 81.7 cm³/mol. The van der Waals surface area contributed by atoms with Gasteiger partial charge in [0.2, 0.25) is 0 Å². The molecule has 0 aliphatic rings. The first-order valence-electron chi connectivity index (χ1n) is 7.12. The third-order valence-electron chi connectivity index (χ3n) is 3.11. The molecule has 20 heavy (non-hydrogen) atoms. The largest absolute Gasteiger partial charge is 0.487 e. The second-order valence-electron chi connectivity index (χ2n) is 4.89. The maximum Gasteiger partial charge on any atom is 0.130 e. The number of nitrogens with one attached hydrogen (secondary N) is 1. The van der Waals surface area contributed by atoms with Crippen molar-refractivity contribution in [2.75, 3.05) is 6.54 Å². The Morgan fingerprint density at radius 3 is 2.70 bits per heavy atom. The van der Waals surface area contributed by atoms with Crippen LogP contribution in [0.2, 0.25) is 0 Å². The molecule has 0 radical (unpaired) electrons. The van der Waals surface area contributed by atoms with Gasteiger partial charge in [0.05, 0.1) is 5.69 Å². The fourth-order valence-electron chi connectivity index (χ4n) is 1.92. The van der Waals surface area contributed by atoms with E-state index in [1.807, 2.05) is 43.5 Å². The molecule has 1 N–H and O–H groups in total. The van der Waals surface area contributed by atoms with E-state index in [0.717, 1.165) is 36.5 Å². The van der Waals surface area contributed by atoms with Gasteiger partial charge in [-0.1, -0.05) is 31.2 Å². The van der Waals surface area contributed by atoms with Gasteiger partial charge in [-0.25, -0.2) is 0 Å². The zero-order valence-electron chi connectivity index (χ0n) is 12.2. The number of para-hydroxylation sites is 1. The SMILES string of the molecule is CCCNCc1ccc(COc2ccccc2C)nc1. The van der Waals surface area contributed by atoms with Gasteiger partial charge < -0.3 is 10.1 Å². The van der Waals surface area contributed by atoms with Crippen molar-refractivity contribution in [3.63, 3.8) is 0 Å². The van der Waals surface area contributed by atoms with Crippen molar-refractivity contribution >= 4 is 0 Å². The average molecular weight is 270 g/mol. The van der Waals surface area contributed by atoms with Crippen LogP contribution in [0.5, 0.6) is 5.75 Å². The molecule has 1 aromatic heterocycles. The van der Waals surface area contributed by atoms with Crippen molar-refractivity contribution in [3.05, 3.63) is 59.4 Å². The fraction of sp³-hybridized carbons (Fsp3) is 0.353. The minimum Gasteiger partial charge on any atom is -0.487 e. The topological polar surface area (TPSA) is 34.1 Å². The second-order valence-corrected chi connectivity index (χ2v) is 4.89. The molecule has 0 aliphatic heterocycles. The molecule has 0 bridgehead atoms. The molecular weight excluding hydrogens is 248 g/mol. The van der Waals surface area contributed by atoms with Gasteiger partial charge in [-0.15, -0.1) is 0 Å². The van der Waals surface area contributed by atoms with Gasteiger partial charge in [0.15, 0.2) is 0 Å². The van der Waals surface area contributed by atoms with Gasteiger partial charge in [-0.05, 0) is 43.1 Å². The van der Waals surface area contributed by atoms with Crippen LogP contribution in [0, 0.1) is 6.92 Å². The zero-order chi connectivity index (χ0) is 14.2. The Morgan fingerprint density at radius 1 is 1.15 bits per heavy atom. The van der Waals surface area contributed by atoms with E-state index < -0.39 is 0 Å². The standard InChI is InChI=1S/C17H22N2O/c1-3-10-18-11-15-8-9-16(19-12-15)13-20-17-7-5-4-6-14(17)2/h4-9,12,18H,3,10-11,13H2,1-2H3. The zero-order valence-corrected chi connectivity index (χ0v) is 12.2. The Balaban J connectivity index is 1.86. The molecule has 2 rings (SSSR count). The Hall–Kier alpha value is -1.87. The van der Waals surface area contributed by atoms with Gasteiger partial charge in [0, 0.05) is 12.7 Å². The molecule has 0 aliphatic carbocycles. The third kappa shape index (κ3) is 4.35. The van der Waals surface area contributed by atoms with E-state index in [9.17, 15) is 0 Å². The van der Waals surface area contributed by atoms with Crippen molar-refractivity contribution in [2.24, 2.45) is 0 Å². The van der Waals surface area contributed by atoms with Gasteiger partial charge in [0.25, 0.3) is 0 Å². The summed E-state index contributed by atoms with van der Waals surface area (Å²) < 4.78 is 5.78. The summed E-state index contributed by atoms with van der Waals surface area (Å²) in [7, 11) is 0. The van der Waals surface area contributed by atoms with Gasteiger partial charge in [-0.2, -0.15) is 0 Å². The third-order valence-corrected chi connectivity index (χ3v) is 3.11. The normalized spacial score (nSPS) is 10.5. The van der Waals surface area contributed by atoms with E-state index in [4.69, 9.17) is 4.74 Å². The number of benzene rings is 1. The van der Waals surface area contributed by atoms with Crippen LogP contribution in [0.1, 0.15) is 30.2 Å².